The Morgan fingerprint density at radius 1 is 1.40 bits per heavy atom. The smallest absolute Gasteiger partial charge is 0.142 e. The molecule has 1 unspecified atom stereocenters. The average molecular weight is 340 g/mol. The van der Waals surface area contributed by atoms with Crippen LogP contribution in [0.25, 0.3) is 0 Å². The Hall–Kier alpha value is -1.53. The van der Waals surface area contributed by atoms with Crippen LogP contribution in [0.4, 0.5) is 5.69 Å². The van der Waals surface area contributed by atoms with Crippen molar-refractivity contribution in [2.45, 2.75) is 26.0 Å². The predicted octanol–water partition coefficient (Wildman–Crippen LogP) is 2.90. The monoisotopic (exact) mass is 339 g/mol. The van der Waals surface area contributed by atoms with Crippen LogP contribution in [0.3, 0.4) is 0 Å². The van der Waals surface area contributed by atoms with Crippen molar-refractivity contribution in [3.05, 3.63) is 40.1 Å². The summed E-state index contributed by atoms with van der Waals surface area (Å²) in [6, 6.07) is 5.49. The number of hydrogen-bond acceptors (Lipinski definition) is 4. The maximum atomic E-state index is 10.7. The molecule has 0 spiro atoms. The van der Waals surface area contributed by atoms with E-state index in [-0.39, 0.29) is 6.04 Å². The molecule has 1 aromatic heterocycles. The molecule has 2 aromatic rings. The number of aromatic nitrogens is 2. The van der Waals surface area contributed by atoms with Gasteiger partial charge in [-0.1, -0.05) is 12.1 Å². The highest BCUT2D eigenvalue weighted by molar-refractivity contribution is 9.10. The van der Waals surface area contributed by atoms with E-state index < -0.39 is 6.10 Å². The van der Waals surface area contributed by atoms with Crippen molar-refractivity contribution in [1.82, 2.24) is 9.78 Å². The van der Waals surface area contributed by atoms with Crippen LogP contribution in [0.15, 0.2) is 28.9 Å². The number of methoxy groups -OCH3 is 1. The standard InChI is InChI=1S/C14H18BrN3O2/c1-8(2)18-13(10(15)7-17-18)14(19)9-5-4-6-11(20-3)12(9)16/h4-8,14,19H,16H2,1-3H3. The molecule has 0 aliphatic rings. The molecule has 0 radical (unpaired) electrons. The van der Waals surface area contributed by atoms with Crippen LogP contribution in [-0.2, 0) is 0 Å². The lowest BCUT2D eigenvalue weighted by molar-refractivity contribution is 0.204. The van der Waals surface area contributed by atoms with Crippen LogP contribution < -0.4 is 10.5 Å². The summed E-state index contributed by atoms with van der Waals surface area (Å²) in [7, 11) is 1.55. The van der Waals surface area contributed by atoms with E-state index in [1.165, 1.54) is 0 Å². The maximum Gasteiger partial charge on any atom is 0.142 e. The van der Waals surface area contributed by atoms with Crippen molar-refractivity contribution >= 4 is 21.6 Å². The molecular weight excluding hydrogens is 322 g/mol. The molecule has 108 valence electrons. The lowest BCUT2D eigenvalue weighted by Gasteiger charge is -2.19. The van der Waals surface area contributed by atoms with Crippen molar-refractivity contribution in [1.29, 1.82) is 0 Å². The summed E-state index contributed by atoms with van der Waals surface area (Å²) < 4.78 is 7.71. The lowest BCUT2D eigenvalue weighted by Crippen LogP contribution is -2.14. The van der Waals surface area contributed by atoms with Gasteiger partial charge in [0.2, 0.25) is 0 Å². The van der Waals surface area contributed by atoms with Gasteiger partial charge >= 0.3 is 0 Å². The fourth-order valence-electron chi connectivity index (χ4n) is 2.14. The van der Waals surface area contributed by atoms with Gasteiger partial charge in [0.05, 0.1) is 29.2 Å². The molecule has 0 fully saturated rings. The molecule has 1 atom stereocenters. The highest BCUT2D eigenvalue weighted by Crippen LogP contribution is 2.36. The molecule has 2 rings (SSSR count). The predicted molar refractivity (Wildman–Crippen MR) is 81.8 cm³/mol. The zero-order valence-electron chi connectivity index (χ0n) is 11.7. The second-order valence-corrected chi connectivity index (χ2v) is 5.64. The molecule has 1 aromatic carbocycles. The van der Waals surface area contributed by atoms with Gasteiger partial charge in [0.1, 0.15) is 11.9 Å². The van der Waals surface area contributed by atoms with E-state index in [2.05, 4.69) is 21.0 Å². The Labute approximate surface area is 126 Å². The molecule has 0 aliphatic heterocycles. The molecular formula is C14H18BrN3O2. The minimum atomic E-state index is -0.871. The van der Waals surface area contributed by atoms with Gasteiger partial charge in [-0.15, -0.1) is 0 Å². The highest BCUT2D eigenvalue weighted by atomic mass is 79.9. The van der Waals surface area contributed by atoms with Gasteiger partial charge in [-0.3, -0.25) is 4.68 Å². The molecule has 6 heteroatoms. The van der Waals surface area contributed by atoms with Gasteiger partial charge in [-0.05, 0) is 35.8 Å². The van der Waals surface area contributed by atoms with Gasteiger partial charge in [0, 0.05) is 11.6 Å². The molecule has 0 bridgehead atoms. The van der Waals surface area contributed by atoms with E-state index in [9.17, 15) is 5.11 Å². The van der Waals surface area contributed by atoms with E-state index in [0.29, 0.717) is 22.7 Å². The largest absolute Gasteiger partial charge is 0.495 e. The van der Waals surface area contributed by atoms with Crippen molar-refractivity contribution in [3.8, 4) is 5.75 Å². The summed E-state index contributed by atoms with van der Waals surface area (Å²) >= 11 is 3.43. The van der Waals surface area contributed by atoms with E-state index in [1.54, 1.807) is 36.2 Å². The fraction of sp³-hybridized carbons (Fsp3) is 0.357. The summed E-state index contributed by atoms with van der Waals surface area (Å²) in [4.78, 5) is 0. The number of nitrogens with two attached hydrogens (primary N) is 1. The first-order valence-electron chi connectivity index (χ1n) is 6.30. The van der Waals surface area contributed by atoms with Gasteiger partial charge in [0.25, 0.3) is 0 Å². The van der Waals surface area contributed by atoms with Gasteiger partial charge < -0.3 is 15.6 Å². The zero-order chi connectivity index (χ0) is 14.9. The molecule has 0 amide bonds. The maximum absolute atomic E-state index is 10.7. The minimum Gasteiger partial charge on any atom is -0.495 e. The number of aliphatic hydroxyl groups is 1. The Morgan fingerprint density at radius 3 is 2.70 bits per heavy atom. The van der Waals surface area contributed by atoms with Crippen LogP contribution in [0.5, 0.6) is 5.75 Å². The molecule has 0 saturated heterocycles. The second-order valence-electron chi connectivity index (χ2n) is 4.78. The number of aliphatic hydroxyl groups excluding tert-OH is 1. The van der Waals surface area contributed by atoms with Gasteiger partial charge in [-0.25, -0.2) is 0 Å². The highest BCUT2D eigenvalue weighted by Gasteiger charge is 2.23. The van der Waals surface area contributed by atoms with Crippen molar-refractivity contribution in [2.24, 2.45) is 0 Å². The van der Waals surface area contributed by atoms with Crippen LogP contribution in [0.1, 0.15) is 37.3 Å². The quantitative estimate of drug-likeness (QED) is 0.840. The molecule has 5 nitrogen and oxygen atoms in total. The Balaban J connectivity index is 2.52. The number of nitrogen functional groups attached to an aromatic ring is 1. The topological polar surface area (TPSA) is 73.3 Å². The summed E-state index contributed by atoms with van der Waals surface area (Å²) in [6.07, 6.45) is 0.805. The van der Waals surface area contributed by atoms with E-state index in [0.717, 1.165) is 4.47 Å². The number of nitrogens with zero attached hydrogens (tertiary/aromatic N) is 2. The Bertz CT molecular complexity index is 610. The number of halogens is 1. The number of anilines is 1. The molecule has 0 saturated carbocycles. The first kappa shape index (κ1) is 14.9. The zero-order valence-corrected chi connectivity index (χ0v) is 13.3. The van der Waals surface area contributed by atoms with Crippen LogP contribution in [0, 0.1) is 0 Å². The van der Waals surface area contributed by atoms with Crippen LogP contribution in [0.2, 0.25) is 0 Å². The van der Waals surface area contributed by atoms with Crippen LogP contribution in [-0.4, -0.2) is 22.0 Å². The third-order valence-corrected chi connectivity index (χ3v) is 3.76. The van der Waals surface area contributed by atoms with Crippen LogP contribution >= 0.6 is 15.9 Å². The molecule has 0 aliphatic carbocycles. The number of benzene rings is 1. The van der Waals surface area contributed by atoms with Crippen molar-refractivity contribution in [3.63, 3.8) is 0 Å². The van der Waals surface area contributed by atoms with E-state index in [4.69, 9.17) is 10.5 Å². The molecule has 20 heavy (non-hydrogen) atoms. The second kappa shape index (κ2) is 5.85. The third kappa shape index (κ3) is 2.53. The van der Waals surface area contributed by atoms with Gasteiger partial charge in [0.15, 0.2) is 0 Å². The Kier molecular flexibility index (Phi) is 4.35. The Morgan fingerprint density at radius 2 is 2.10 bits per heavy atom. The summed E-state index contributed by atoms with van der Waals surface area (Å²) in [6.45, 7) is 4.01. The third-order valence-electron chi connectivity index (χ3n) is 3.15. The summed E-state index contributed by atoms with van der Waals surface area (Å²) in [5.41, 5.74) is 7.77. The SMILES string of the molecule is COc1cccc(C(O)c2c(Br)cnn2C(C)C)c1N. The fourth-order valence-corrected chi connectivity index (χ4v) is 2.63. The summed E-state index contributed by atoms with van der Waals surface area (Å²) in [5.74, 6) is 0.549. The number of rotatable bonds is 4. The average Bonchev–Trinajstić information content (AvgIpc) is 2.80. The minimum absolute atomic E-state index is 0.137. The first-order valence-corrected chi connectivity index (χ1v) is 7.10. The number of ether oxygens (including phenoxy) is 1. The van der Waals surface area contributed by atoms with Crippen molar-refractivity contribution < 1.29 is 9.84 Å². The number of para-hydroxylation sites is 1. The van der Waals surface area contributed by atoms with Crippen molar-refractivity contribution in [2.75, 3.05) is 12.8 Å². The first-order chi connectivity index (χ1) is 9.47. The van der Waals surface area contributed by atoms with Gasteiger partial charge in [-0.2, -0.15) is 5.10 Å². The van der Waals surface area contributed by atoms with E-state index >= 15 is 0 Å². The molecule has 3 N–H and O–H groups in total. The normalized spacial score (nSPS) is 12.7. The number of hydrogen-bond donors (Lipinski definition) is 2. The lowest BCUT2D eigenvalue weighted by atomic mass is 10.0. The molecule has 1 heterocycles. The van der Waals surface area contributed by atoms with E-state index in [1.807, 2.05) is 13.8 Å². The summed E-state index contributed by atoms with van der Waals surface area (Å²) in [5, 5.41) is 14.9.